The third kappa shape index (κ3) is 2.45. The molecule has 0 aromatic carbocycles. The van der Waals surface area contributed by atoms with E-state index in [4.69, 9.17) is 10.5 Å². The van der Waals surface area contributed by atoms with Crippen LogP contribution in [0.2, 0.25) is 0 Å². The Morgan fingerprint density at radius 1 is 1.64 bits per heavy atom. The molecule has 14 heavy (non-hydrogen) atoms. The third-order valence-electron chi connectivity index (χ3n) is 2.83. The number of likely N-dealkylation sites (tertiary alicyclic amines) is 1. The summed E-state index contributed by atoms with van der Waals surface area (Å²) in [5, 5.41) is 0. The average Bonchev–Trinajstić information content (AvgIpc) is 2.16. The summed E-state index contributed by atoms with van der Waals surface area (Å²) in [6.07, 6.45) is 2.12. The largest absolute Gasteiger partial charge is 0.381 e. The van der Waals surface area contributed by atoms with E-state index in [-0.39, 0.29) is 11.9 Å². The number of carbonyl (C=O) groups excluding carboxylic acids is 1. The quantitative estimate of drug-likeness (QED) is 0.700. The van der Waals surface area contributed by atoms with Crippen LogP contribution >= 0.6 is 0 Å². The van der Waals surface area contributed by atoms with E-state index in [2.05, 4.69) is 0 Å². The zero-order chi connectivity index (χ0) is 10.7. The highest BCUT2D eigenvalue weighted by atomic mass is 16.5. The summed E-state index contributed by atoms with van der Waals surface area (Å²) in [5.41, 5.74) is 5.57. The van der Waals surface area contributed by atoms with Crippen LogP contribution in [0.1, 0.15) is 26.7 Å². The van der Waals surface area contributed by atoms with Crippen LogP contribution in [-0.2, 0) is 9.53 Å². The molecule has 0 radical (unpaired) electrons. The van der Waals surface area contributed by atoms with Gasteiger partial charge < -0.3 is 15.4 Å². The van der Waals surface area contributed by atoms with E-state index >= 15 is 0 Å². The van der Waals surface area contributed by atoms with E-state index in [0.29, 0.717) is 6.10 Å². The number of carbonyl (C=O) groups is 1. The first-order valence-electron chi connectivity index (χ1n) is 5.15. The van der Waals surface area contributed by atoms with E-state index in [9.17, 15) is 4.79 Å². The van der Waals surface area contributed by atoms with Crippen LogP contribution in [0.25, 0.3) is 0 Å². The molecule has 1 fully saturated rings. The first-order valence-corrected chi connectivity index (χ1v) is 5.15. The lowest BCUT2D eigenvalue weighted by molar-refractivity contribution is -0.137. The van der Waals surface area contributed by atoms with Crippen molar-refractivity contribution in [2.75, 3.05) is 13.7 Å². The van der Waals surface area contributed by atoms with Gasteiger partial charge in [-0.2, -0.15) is 0 Å². The van der Waals surface area contributed by atoms with Crippen LogP contribution in [0.5, 0.6) is 0 Å². The molecule has 0 saturated carbocycles. The summed E-state index contributed by atoms with van der Waals surface area (Å²) < 4.78 is 5.28. The van der Waals surface area contributed by atoms with Crippen LogP contribution in [0.15, 0.2) is 0 Å². The summed E-state index contributed by atoms with van der Waals surface area (Å²) in [4.78, 5) is 13.5. The van der Waals surface area contributed by atoms with E-state index in [1.807, 2.05) is 11.8 Å². The van der Waals surface area contributed by atoms with Crippen molar-refractivity contribution in [3.63, 3.8) is 0 Å². The van der Waals surface area contributed by atoms with Crippen molar-refractivity contribution in [1.29, 1.82) is 0 Å². The monoisotopic (exact) mass is 200 g/mol. The second kappa shape index (κ2) is 4.75. The molecule has 4 nitrogen and oxygen atoms in total. The number of hydrogen-bond acceptors (Lipinski definition) is 3. The van der Waals surface area contributed by atoms with Crippen molar-refractivity contribution >= 4 is 5.91 Å². The van der Waals surface area contributed by atoms with Gasteiger partial charge in [-0.15, -0.1) is 0 Å². The standard InChI is InChI=1S/C10H20N2O2/c1-7-6-9(14-3)4-5-12(7)10(13)8(2)11/h7-9H,4-6,11H2,1-3H3. The SMILES string of the molecule is COC1CCN(C(=O)C(C)N)C(C)C1. The van der Waals surface area contributed by atoms with Crippen LogP contribution < -0.4 is 5.73 Å². The molecule has 2 N–H and O–H groups in total. The molecule has 4 heteroatoms. The highest BCUT2D eigenvalue weighted by Crippen LogP contribution is 2.19. The fourth-order valence-electron chi connectivity index (χ4n) is 1.93. The maximum Gasteiger partial charge on any atom is 0.239 e. The summed E-state index contributed by atoms with van der Waals surface area (Å²) in [7, 11) is 1.72. The molecule has 0 spiro atoms. The lowest BCUT2D eigenvalue weighted by atomic mass is 10.00. The molecule has 0 aromatic rings. The highest BCUT2D eigenvalue weighted by molar-refractivity contribution is 5.81. The Balaban J connectivity index is 2.53. The maximum atomic E-state index is 11.7. The van der Waals surface area contributed by atoms with E-state index < -0.39 is 6.04 Å². The van der Waals surface area contributed by atoms with Gasteiger partial charge in [-0.3, -0.25) is 4.79 Å². The fraction of sp³-hybridized carbons (Fsp3) is 0.900. The number of nitrogens with zero attached hydrogens (tertiary/aromatic N) is 1. The summed E-state index contributed by atoms with van der Waals surface area (Å²) in [6.45, 7) is 4.54. The molecule has 1 aliphatic heterocycles. The highest BCUT2D eigenvalue weighted by Gasteiger charge is 2.29. The predicted octanol–water partition coefficient (Wildman–Crippen LogP) is 0.360. The smallest absolute Gasteiger partial charge is 0.239 e. The number of hydrogen-bond donors (Lipinski definition) is 1. The van der Waals surface area contributed by atoms with Crippen LogP contribution in [0.4, 0.5) is 0 Å². The first-order chi connectivity index (χ1) is 6.56. The number of piperidine rings is 1. The van der Waals surface area contributed by atoms with Gasteiger partial charge in [0.1, 0.15) is 0 Å². The Morgan fingerprint density at radius 3 is 2.71 bits per heavy atom. The first kappa shape index (κ1) is 11.5. The van der Waals surface area contributed by atoms with Crippen LogP contribution in [0.3, 0.4) is 0 Å². The summed E-state index contributed by atoms with van der Waals surface area (Å²) in [5.74, 6) is 0.0482. The molecule has 1 amide bonds. The summed E-state index contributed by atoms with van der Waals surface area (Å²) in [6, 6.07) is -0.149. The molecule has 1 heterocycles. The van der Waals surface area contributed by atoms with Crippen molar-refractivity contribution in [3.8, 4) is 0 Å². The molecule has 0 aromatic heterocycles. The Hall–Kier alpha value is -0.610. The van der Waals surface area contributed by atoms with Crippen molar-refractivity contribution < 1.29 is 9.53 Å². The normalized spacial score (nSPS) is 30.1. The molecule has 1 aliphatic rings. The van der Waals surface area contributed by atoms with Crippen molar-refractivity contribution in [2.24, 2.45) is 5.73 Å². The molecule has 3 atom stereocenters. The number of nitrogens with two attached hydrogens (primary N) is 1. The Labute approximate surface area is 85.4 Å². The van der Waals surface area contributed by atoms with Crippen molar-refractivity contribution in [2.45, 2.75) is 44.9 Å². The number of methoxy groups -OCH3 is 1. The van der Waals surface area contributed by atoms with E-state index in [1.54, 1.807) is 14.0 Å². The second-order valence-corrected chi connectivity index (χ2v) is 4.05. The van der Waals surface area contributed by atoms with Gasteiger partial charge in [0.15, 0.2) is 0 Å². The number of amides is 1. The molecule has 82 valence electrons. The van der Waals surface area contributed by atoms with Gasteiger partial charge in [0.2, 0.25) is 5.91 Å². The van der Waals surface area contributed by atoms with Crippen LogP contribution in [-0.4, -0.2) is 42.6 Å². The lowest BCUT2D eigenvalue weighted by Crippen LogP contribution is -2.51. The molecule has 0 aliphatic carbocycles. The zero-order valence-corrected chi connectivity index (χ0v) is 9.19. The minimum atomic E-state index is -0.392. The van der Waals surface area contributed by atoms with Gasteiger partial charge in [0, 0.05) is 19.7 Å². The predicted molar refractivity (Wildman–Crippen MR) is 54.9 cm³/mol. The average molecular weight is 200 g/mol. The van der Waals surface area contributed by atoms with Gasteiger partial charge in [-0.05, 0) is 26.7 Å². The van der Waals surface area contributed by atoms with Crippen molar-refractivity contribution in [1.82, 2.24) is 4.90 Å². The Kier molecular flexibility index (Phi) is 3.89. The van der Waals surface area contributed by atoms with Gasteiger partial charge in [-0.1, -0.05) is 0 Å². The molecule has 0 bridgehead atoms. The van der Waals surface area contributed by atoms with Gasteiger partial charge in [0.25, 0.3) is 0 Å². The topological polar surface area (TPSA) is 55.6 Å². The molecule has 1 rings (SSSR count). The lowest BCUT2D eigenvalue weighted by Gasteiger charge is -2.37. The molecular weight excluding hydrogens is 180 g/mol. The zero-order valence-electron chi connectivity index (χ0n) is 9.19. The minimum absolute atomic E-state index is 0.0482. The summed E-state index contributed by atoms with van der Waals surface area (Å²) >= 11 is 0. The number of rotatable bonds is 2. The van der Waals surface area contributed by atoms with Gasteiger partial charge in [-0.25, -0.2) is 0 Å². The Morgan fingerprint density at radius 2 is 2.29 bits per heavy atom. The van der Waals surface area contributed by atoms with Gasteiger partial charge in [0.05, 0.1) is 12.1 Å². The van der Waals surface area contributed by atoms with Crippen molar-refractivity contribution in [3.05, 3.63) is 0 Å². The van der Waals surface area contributed by atoms with Gasteiger partial charge >= 0.3 is 0 Å². The van der Waals surface area contributed by atoms with Crippen LogP contribution in [0, 0.1) is 0 Å². The maximum absolute atomic E-state index is 11.7. The molecule has 1 saturated heterocycles. The number of ether oxygens (including phenoxy) is 1. The molecular formula is C10H20N2O2. The van der Waals surface area contributed by atoms with E-state index in [1.165, 1.54) is 0 Å². The fourth-order valence-corrected chi connectivity index (χ4v) is 1.93. The minimum Gasteiger partial charge on any atom is -0.381 e. The molecule has 3 unspecified atom stereocenters. The van der Waals surface area contributed by atoms with E-state index in [0.717, 1.165) is 19.4 Å². The second-order valence-electron chi connectivity index (χ2n) is 4.05. The third-order valence-corrected chi connectivity index (χ3v) is 2.83. The Bertz CT molecular complexity index is 206.